The number of anilines is 1. The fourth-order valence-corrected chi connectivity index (χ4v) is 3.63. The summed E-state index contributed by atoms with van der Waals surface area (Å²) < 4.78 is 45.0. The van der Waals surface area contributed by atoms with Crippen LogP contribution in [0.25, 0.3) is 5.76 Å². The first-order valence-corrected chi connectivity index (χ1v) is 9.34. The van der Waals surface area contributed by atoms with Gasteiger partial charge < -0.3 is 9.52 Å². The number of nitrogens with zero attached hydrogens (tertiary/aromatic N) is 1. The molecule has 31 heavy (non-hydrogen) atoms. The molecule has 0 bridgehead atoms. The third-order valence-electron chi connectivity index (χ3n) is 4.81. The maximum atomic E-state index is 13.2. The molecule has 1 saturated heterocycles. The first-order chi connectivity index (χ1) is 14.7. The van der Waals surface area contributed by atoms with Gasteiger partial charge in [0.1, 0.15) is 17.6 Å². The van der Waals surface area contributed by atoms with Crippen LogP contribution in [0.2, 0.25) is 5.02 Å². The van der Waals surface area contributed by atoms with E-state index < -0.39 is 35.2 Å². The van der Waals surface area contributed by atoms with Crippen molar-refractivity contribution in [1.29, 1.82) is 0 Å². The number of amides is 1. The second-order valence-electron chi connectivity index (χ2n) is 6.74. The zero-order chi connectivity index (χ0) is 22.3. The molecule has 4 rings (SSSR count). The average Bonchev–Trinajstić information content (AvgIpc) is 3.34. The van der Waals surface area contributed by atoms with E-state index in [1.165, 1.54) is 36.6 Å². The van der Waals surface area contributed by atoms with E-state index in [1.54, 1.807) is 12.1 Å². The molecule has 1 unspecified atom stereocenters. The Balaban J connectivity index is 1.92. The lowest BCUT2D eigenvalue weighted by Crippen LogP contribution is -2.29. The predicted octanol–water partition coefficient (Wildman–Crippen LogP) is 5.58. The first-order valence-electron chi connectivity index (χ1n) is 8.96. The lowest BCUT2D eigenvalue weighted by molar-refractivity contribution is -0.137. The molecule has 2 aromatic carbocycles. The summed E-state index contributed by atoms with van der Waals surface area (Å²) in [6, 6.07) is 11.7. The second kappa shape index (κ2) is 7.63. The Hall–Kier alpha value is -3.52. The molecule has 1 aromatic heterocycles. The number of benzene rings is 2. The average molecular weight is 448 g/mol. The minimum absolute atomic E-state index is 0.0974. The molecular weight excluding hydrogens is 435 g/mol. The van der Waals surface area contributed by atoms with E-state index in [2.05, 4.69) is 0 Å². The maximum Gasteiger partial charge on any atom is 0.416 e. The number of halogens is 4. The number of aliphatic hydroxyl groups is 1. The summed E-state index contributed by atoms with van der Waals surface area (Å²) in [7, 11) is 0. The van der Waals surface area contributed by atoms with Gasteiger partial charge in [0.2, 0.25) is 0 Å². The SMILES string of the molecule is O=C1C(=O)N(c2cccc(C(F)(F)F)c2)C(c2ccco2)/C1=C(/O)c1cccc(Cl)c1. The van der Waals surface area contributed by atoms with Crippen LogP contribution in [-0.2, 0) is 15.8 Å². The number of rotatable bonds is 3. The molecule has 0 saturated carbocycles. The molecule has 9 heteroatoms. The number of hydrogen-bond donors (Lipinski definition) is 1. The highest BCUT2D eigenvalue weighted by molar-refractivity contribution is 6.51. The molecule has 1 amide bonds. The number of carbonyl (C=O) groups excluding carboxylic acids is 2. The lowest BCUT2D eigenvalue weighted by atomic mass is 9.99. The van der Waals surface area contributed by atoms with Gasteiger partial charge in [-0.15, -0.1) is 0 Å². The number of ketones is 1. The number of aliphatic hydroxyl groups excluding tert-OH is 1. The van der Waals surface area contributed by atoms with Crippen molar-refractivity contribution in [2.75, 3.05) is 4.90 Å². The van der Waals surface area contributed by atoms with Gasteiger partial charge in [0.15, 0.2) is 0 Å². The van der Waals surface area contributed by atoms with Crippen molar-refractivity contribution in [3.05, 3.63) is 94.4 Å². The quantitative estimate of drug-likeness (QED) is 0.323. The minimum Gasteiger partial charge on any atom is -0.507 e. The van der Waals surface area contributed by atoms with E-state index in [0.29, 0.717) is 0 Å². The predicted molar refractivity (Wildman–Crippen MR) is 106 cm³/mol. The van der Waals surface area contributed by atoms with Crippen molar-refractivity contribution in [3.63, 3.8) is 0 Å². The van der Waals surface area contributed by atoms with Crippen LogP contribution >= 0.6 is 11.6 Å². The van der Waals surface area contributed by atoms with Gasteiger partial charge in [-0.05, 0) is 42.5 Å². The van der Waals surface area contributed by atoms with Crippen LogP contribution in [0.4, 0.5) is 18.9 Å². The monoisotopic (exact) mass is 447 g/mol. The third-order valence-corrected chi connectivity index (χ3v) is 5.04. The smallest absolute Gasteiger partial charge is 0.416 e. The van der Waals surface area contributed by atoms with E-state index in [1.807, 2.05) is 0 Å². The summed E-state index contributed by atoms with van der Waals surface area (Å²) in [4.78, 5) is 26.6. The summed E-state index contributed by atoms with van der Waals surface area (Å²) >= 11 is 5.96. The molecule has 1 atom stereocenters. The van der Waals surface area contributed by atoms with Gasteiger partial charge in [0.25, 0.3) is 11.7 Å². The lowest BCUT2D eigenvalue weighted by Gasteiger charge is -2.24. The molecule has 1 aliphatic rings. The van der Waals surface area contributed by atoms with Gasteiger partial charge in [0.05, 0.1) is 17.4 Å². The van der Waals surface area contributed by atoms with Gasteiger partial charge in [-0.25, -0.2) is 0 Å². The van der Waals surface area contributed by atoms with Gasteiger partial charge in [0, 0.05) is 16.3 Å². The van der Waals surface area contributed by atoms with Gasteiger partial charge in [-0.1, -0.05) is 29.8 Å². The molecule has 0 aliphatic carbocycles. The Bertz CT molecular complexity index is 1200. The maximum absolute atomic E-state index is 13.2. The number of carbonyl (C=O) groups is 2. The zero-order valence-electron chi connectivity index (χ0n) is 15.6. The Morgan fingerprint density at radius 1 is 1.03 bits per heavy atom. The van der Waals surface area contributed by atoms with E-state index >= 15 is 0 Å². The van der Waals surface area contributed by atoms with Crippen molar-refractivity contribution in [2.24, 2.45) is 0 Å². The largest absolute Gasteiger partial charge is 0.507 e. The highest BCUT2D eigenvalue weighted by Crippen LogP contribution is 2.43. The van der Waals surface area contributed by atoms with Gasteiger partial charge in [-0.3, -0.25) is 14.5 Å². The van der Waals surface area contributed by atoms with Crippen LogP contribution in [0.5, 0.6) is 0 Å². The van der Waals surface area contributed by atoms with Crippen LogP contribution < -0.4 is 4.90 Å². The normalized spacial score (nSPS) is 18.6. The first kappa shape index (κ1) is 20.7. The highest BCUT2D eigenvalue weighted by Gasteiger charge is 2.48. The Morgan fingerprint density at radius 3 is 2.42 bits per heavy atom. The molecule has 2 heterocycles. The van der Waals surface area contributed by atoms with Crippen molar-refractivity contribution >= 4 is 34.7 Å². The third kappa shape index (κ3) is 3.70. The molecule has 0 spiro atoms. The van der Waals surface area contributed by atoms with Gasteiger partial charge >= 0.3 is 6.18 Å². The number of hydrogen-bond acceptors (Lipinski definition) is 4. The van der Waals surface area contributed by atoms with Crippen LogP contribution in [0.15, 0.2) is 76.9 Å². The van der Waals surface area contributed by atoms with Crippen molar-refractivity contribution in [3.8, 4) is 0 Å². The second-order valence-corrected chi connectivity index (χ2v) is 7.18. The van der Waals surface area contributed by atoms with Crippen molar-refractivity contribution in [1.82, 2.24) is 0 Å². The van der Waals surface area contributed by atoms with E-state index in [0.717, 1.165) is 23.1 Å². The van der Waals surface area contributed by atoms with Crippen LogP contribution in [0, 0.1) is 0 Å². The molecule has 158 valence electrons. The molecule has 0 radical (unpaired) electrons. The molecule has 3 aromatic rings. The van der Waals surface area contributed by atoms with Gasteiger partial charge in [-0.2, -0.15) is 13.2 Å². The highest BCUT2D eigenvalue weighted by atomic mass is 35.5. The molecule has 5 nitrogen and oxygen atoms in total. The summed E-state index contributed by atoms with van der Waals surface area (Å²) in [5.74, 6) is -2.57. The van der Waals surface area contributed by atoms with E-state index in [9.17, 15) is 27.9 Å². The fraction of sp³-hybridized carbons (Fsp3) is 0.0909. The van der Waals surface area contributed by atoms with Crippen molar-refractivity contribution in [2.45, 2.75) is 12.2 Å². The topological polar surface area (TPSA) is 70.8 Å². The Kier molecular flexibility index (Phi) is 5.10. The van der Waals surface area contributed by atoms with E-state index in [4.69, 9.17) is 16.0 Å². The minimum atomic E-state index is -4.65. The molecular formula is C22H13ClF3NO4. The molecule has 1 aliphatic heterocycles. The Labute approximate surface area is 179 Å². The zero-order valence-corrected chi connectivity index (χ0v) is 16.3. The fourth-order valence-electron chi connectivity index (χ4n) is 3.44. The number of Topliss-reactive ketones (excluding diaryl/α,β-unsaturated/α-hetero) is 1. The van der Waals surface area contributed by atoms with E-state index in [-0.39, 0.29) is 27.6 Å². The van der Waals surface area contributed by atoms with Crippen molar-refractivity contribution < 1.29 is 32.3 Å². The summed E-state index contributed by atoms with van der Waals surface area (Å²) in [5, 5.41) is 11.1. The number of furan rings is 1. The molecule has 1 fully saturated rings. The van der Waals surface area contributed by atoms with Crippen LogP contribution in [-0.4, -0.2) is 16.8 Å². The van der Waals surface area contributed by atoms with Crippen LogP contribution in [0.3, 0.4) is 0 Å². The standard InChI is InChI=1S/C22H13ClF3NO4/c23-14-6-1-4-12(10-14)19(28)17-18(16-8-3-9-31-16)27(21(30)20(17)29)15-7-2-5-13(11-15)22(24,25)26/h1-11,18,28H/b19-17-. The summed E-state index contributed by atoms with van der Waals surface area (Å²) in [6.45, 7) is 0. The Morgan fingerprint density at radius 2 is 1.77 bits per heavy atom. The number of alkyl halides is 3. The summed E-state index contributed by atoms with van der Waals surface area (Å²) in [5.41, 5.74) is -1.30. The van der Waals surface area contributed by atoms with Crippen LogP contribution in [0.1, 0.15) is 22.9 Å². The summed E-state index contributed by atoms with van der Waals surface area (Å²) in [6.07, 6.45) is -3.36. The molecule has 1 N–H and O–H groups in total.